The Hall–Kier alpha value is -3.80. The van der Waals surface area contributed by atoms with Crippen LogP contribution in [0.5, 0.6) is 0 Å². The van der Waals surface area contributed by atoms with Gasteiger partial charge in [-0.2, -0.15) is 13.2 Å². The lowest BCUT2D eigenvalue weighted by Crippen LogP contribution is -2.30. The number of benzene rings is 2. The van der Waals surface area contributed by atoms with Crippen molar-refractivity contribution in [3.63, 3.8) is 0 Å². The number of esters is 2. The lowest BCUT2D eigenvalue weighted by molar-refractivity contribution is -0.137. The van der Waals surface area contributed by atoms with Crippen molar-refractivity contribution in [1.29, 1.82) is 0 Å². The molecule has 0 aliphatic rings. The molecule has 0 saturated carbocycles. The molecule has 0 atom stereocenters. The van der Waals surface area contributed by atoms with E-state index in [0.717, 1.165) is 38.6 Å². The third kappa shape index (κ3) is 14.6. The lowest BCUT2D eigenvalue weighted by Gasteiger charge is -2.10. The number of hydrogen-bond acceptors (Lipinski definition) is 7. The minimum absolute atomic E-state index is 0. The molecular formula is C27H41F3N4O5. The van der Waals surface area contributed by atoms with Crippen molar-refractivity contribution in [3.8, 4) is 0 Å². The summed E-state index contributed by atoms with van der Waals surface area (Å²) in [6, 6.07) is 8.90. The van der Waals surface area contributed by atoms with E-state index in [9.17, 15) is 27.6 Å². The Labute approximate surface area is 228 Å². The molecule has 0 unspecified atom stereocenters. The predicted molar refractivity (Wildman–Crippen MR) is 148 cm³/mol. The molecule has 2 amide bonds. The highest BCUT2D eigenvalue weighted by Gasteiger charge is 2.31. The summed E-state index contributed by atoms with van der Waals surface area (Å²) >= 11 is 0. The molecular weight excluding hydrogens is 517 g/mol. The minimum atomic E-state index is -4.50. The van der Waals surface area contributed by atoms with E-state index in [1.54, 1.807) is 24.3 Å². The molecule has 0 aromatic heterocycles. The fourth-order valence-corrected chi connectivity index (χ4v) is 2.65. The first-order valence-electron chi connectivity index (χ1n) is 11.9. The Morgan fingerprint density at radius 2 is 1.46 bits per heavy atom. The first-order chi connectivity index (χ1) is 18.0. The van der Waals surface area contributed by atoms with Gasteiger partial charge in [0.2, 0.25) is 0 Å². The number of urea groups is 1. The van der Waals surface area contributed by atoms with Crippen LogP contribution < -0.4 is 22.1 Å². The van der Waals surface area contributed by atoms with Gasteiger partial charge in [0.1, 0.15) is 0 Å². The normalized spacial score (nSPS) is 9.85. The predicted octanol–water partition coefficient (Wildman–Crippen LogP) is 5.85. The Morgan fingerprint density at radius 3 is 1.95 bits per heavy atom. The molecule has 2 rings (SSSR count). The number of amides is 2. The van der Waals surface area contributed by atoms with Gasteiger partial charge in [-0.3, -0.25) is 0 Å². The van der Waals surface area contributed by atoms with Crippen LogP contribution in [-0.4, -0.2) is 45.3 Å². The van der Waals surface area contributed by atoms with Crippen LogP contribution in [0.2, 0.25) is 0 Å². The molecule has 12 heteroatoms. The summed E-state index contributed by atoms with van der Waals surface area (Å²) in [5.74, 6) is -1.36. The smallest absolute Gasteiger partial charge is 0.416 e. The van der Waals surface area contributed by atoms with Crippen LogP contribution in [0, 0.1) is 0 Å². The van der Waals surface area contributed by atoms with Crippen LogP contribution in [0.25, 0.3) is 0 Å². The highest BCUT2D eigenvalue weighted by molar-refractivity contribution is 6.00. The van der Waals surface area contributed by atoms with Gasteiger partial charge in [-0.25, -0.2) is 14.4 Å². The number of alkyl halides is 3. The second-order valence-corrected chi connectivity index (χ2v) is 7.71. The van der Waals surface area contributed by atoms with Gasteiger partial charge in [0.05, 0.1) is 36.6 Å². The maximum atomic E-state index is 12.3. The zero-order chi connectivity index (χ0) is 29.1. The highest BCUT2D eigenvalue weighted by atomic mass is 19.4. The Kier molecular flexibility index (Phi) is 19.3. The number of ether oxygens (including phenoxy) is 2. The van der Waals surface area contributed by atoms with Crippen LogP contribution in [0.1, 0.15) is 73.2 Å². The van der Waals surface area contributed by atoms with Crippen molar-refractivity contribution in [1.82, 2.24) is 5.32 Å². The second-order valence-electron chi connectivity index (χ2n) is 7.71. The van der Waals surface area contributed by atoms with Gasteiger partial charge >= 0.3 is 24.1 Å². The number of halogens is 3. The molecule has 220 valence electrons. The Balaban J connectivity index is 0. The number of unbranched alkanes of at least 4 members (excludes halogenated alkanes) is 2. The number of rotatable bonds is 8. The number of carbonyl (C=O) groups excluding carboxylic acids is 3. The monoisotopic (exact) mass is 558 g/mol. The fraction of sp³-hybridized carbons (Fsp3) is 0.444. The van der Waals surface area contributed by atoms with E-state index in [1.165, 1.54) is 20.0 Å². The van der Waals surface area contributed by atoms with Crippen molar-refractivity contribution >= 4 is 29.3 Å². The van der Waals surface area contributed by atoms with Gasteiger partial charge in [0.15, 0.2) is 0 Å². The van der Waals surface area contributed by atoms with Crippen molar-refractivity contribution in [2.75, 3.05) is 38.4 Å². The number of nitrogens with two attached hydrogens (primary N) is 2. The average Bonchev–Trinajstić information content (AvgIpc) is 2.89. The average molecular weight is 559 g/mol. The molecule has 2 aromatic carbocycles. The quantitative estimate of drug-likeness (QED) is 0.181. The summed E-state index contributed by atoms with van der Waals surface area (Å²) in [5.41, 5.74) is 10.00. The first-order valence-corrected chi connectivity index (χ1v) is 11.9. The van der Waals surface area contributed by atoms with Gasteiger partial charge in [0.25, 0.3) is 0 Å². The SMILES string of the molecule is C.CCCCN.CCCCNC(=O)Nc1ccccc1C(=O)OC.COC(=O)c1cc(C(F)(F)F)ccc1N. The molecule has 2 aromatic rings. The molecule has 0 spiro atoms. The zero-order valence-corrected chi connectivity index (χ0v) is 22.1. The minimum Gasteiger partial charge on any atom is -0.465 e. The number of hydrogen-bond donors (Lipinski definition) is 4. The summed E-state index contributed by atoms with van der Waals surface area (Å²) in [6.07, 6.45) is -0.182. The summed E-state index contributed by atoms with van der Waals surface area (Å²) < 4.78 is 45.8. The topological polar surface area (TPSA) is 146 Å². The Morgan fingerprint density at radius 1 is 0.897 bits per heavy atom. The summed E-state index contributed by atoms with van der Waals surface area (Å²) in [4.78, 5) is 34.1. The van der Waals surface area contributed by atoms with Gasteiger partial charge in [0, 0.05) is 12.2 Å². The van der Waals surface area contributed by atoms with E-state index < -0.39 is 23.7 Å². The molecule has 0 radical (unpaired) electrons. The van der Waals surface area contributed by atoms with Crippen LogP contribution in [0.3, 0.4) is 0 Å². The largest absolute Gasteiger partial charge is 0.465 e. The number of carbonyl (C=O) groups is 3. The molecule has 0 fully saturated rings. The van der Waals surface area contributed by atoms with Crippen LogP contribution in [0.15, 0.2) is 42.5 Å². The molecule has 0 aliphatic carbocycles. The summed E-state index contributed by atoms with van der Waals surface area (Å²) in [7, 11) is 2.38. The summed E-state index contributed by atoms with van der Waals surface area (Å²) in [6.45, 7) is 5.64. The van der Waals surface area contributed by atoms with Crippen molar-refractivity contribution < 1.29 is 37.0 Å². The van der Waals surface area contributed by atoms with Gasteiger partial charge < -0.3 is 31.6 Å². The van der Waals surface area contributed by atoms with E-state index >= 15 is 0 Å². The number of nitrogen functional groups attached to an aromatic ring is 1. The van der Waals surface area contributed by atoms with Gasteiger partial charge in [-0.15, -0.1) is 0 Å². The Bertz CT molecular complexity index is 1020. The molecule has 39 heavy (non-hydrogen) atoms. The van der Waals surface area contributed by atoms with E-state index in [0.29, 0.717) is 23.9 Å². The van der Waals surface area contributed by atoms with Crippen LogP contribution in [-0.2, 0) is 15.7 Å². The molecule has 0 saturated heterocycles. The van der Waals surface area contributed by atoms with Crippen molar-refractivity contribution in [2.45, 2.75) is 53.1 Å². The standard InChI is InChI=1S/C13H18N2O3.C9H8F3NO2.C4H11N.CH4/c1-3-4-9-14-13(17)15-11-8-6-5-7-10(11)12(16)18-2;1-15-8(14)6-4-5(9(10,11)12)2-3-7(6)13;1-2-3-4-5;/h5-8H,3-4,9H2,1-2H3,(H2,14,15,17);2-4H,13H2,1H3;2-5H2,1H3;1H4. The fourth-order valence-electron chi connectivity index (χ4n) is 2.65. The van der Waals surface area contributed by atoms with Crippen LogP contribution in [0.4, 0.5) is 29.3 Å². The van der Waals surface area contributed by atoms with Gasteiger partial charge in [-0.05, 0) is 49.7 Å². The third-order valence-corrected chi connectivity index (χ3v) is 4.74. The number of anilines is 2. The maximum Gasteiger partial charge on any atom is 0.416 e. The number of nitrogens with one attached hydrogen (secondary N) is 2. The van der Waals surface area contributed by atoms with E-state index in [-0.39, 0.29) is 24.7 Å². The molecule has 6 N–H and O–H groups in total. The second kappa shape index (κ2) is 20.2. The summed E-state index contributed by atoms with van der Waals surface area (Å²) in [5, 5.41) is 5.35. The molecule has 0 aliphatic heterocycles. The number of methoxy groups -OCH3 is 2. The highest BCUT2D eigenvalue weighted by Crippen LogP contribution is 2.31. The molecule has 9 nitrogen and oxygen atoms in total. The first kappa shape index (κ1) is 37.4. The van der Waals surface area contributed by atoms with Crippen LogP contribution >= 0.6 is 0 Å². The maximum absolute atomic E-state index is 12.3. The van der Waals surface area contributed by atoms with Gasteiger partial charge in [-0.1, -0.05) is 46.2 Å². The lowest BCUT2D eigenvalue weighted by atomic mass is 10.1. The number of para-hydroxylation sites is 1. The van der Waals surface area contributed by atoms with E-state index in [1.807, 2.05) is 6.92 Å². The van der Waals surface area contributed by atoms with Crippen molar-refractivity contribution in [3.05, 3.63) is 59.2 Å². The van der Waals surface area contributed by atoms with E-state index in [4.69, 9.17) is 11.5 Å². The van der Waals surface area contributed by atoms with E-state index in [2.05, 4.69) is 27.0 Å². The molecule has 0 bridgehead atoms. The zero-order valence-electron chi connectivity index (χ0n) is 22.1. The van der Waals surface area contributed by atoms with Crippen molar-refractivity contribution in [2.24, 2.45) is 5.73 Å². The molecule has 0 heterocycles. The third-order valence-electron chi connectivity index (χ3n) is 4.74.